The van der Waals surface area contributed by atoms with E-state index in [4.69, 9.17) is 9.47 Å². The lowest BCUT2D eigenvalue weighted by atomic mass is 9.91. The van der Waals surface area contributed by atoms with Crippen molar-refractivity contribution >= 4 is 22.9 Å². The molecule has 4 rings (SSSR count). The van der Waals surface area contributed by atoms with E-state index in [1.54, 1.807) is 37.7 Å². The summed E-state index contributed by atoms with van der Waals surface area (Å²) in [5.41, 5.74) is 2.75. The Balaban J connectivity index is 1.63. The van der Waals surface area contributed by atoms with Crippen LogP contribution in [-0.4, -0.2) is 38.1 Å². The standard InChI is InChI=1S/C23H23FN2O3S/c1-28-19-11-15-8-9-26(14-22(27)25-17-6-3-5-16(24)12-17)23(21-7-4-10-30-21)18(15)13-20(19)29-2/h3-7,10-13,23H,8-9,14H2,1-2H3,(H,25,27)/t23-/m0/s1. The van der Waals surface area contributed by atoms with Gasteiger partial charge in [0, 0.05) is 17.1 Å². The van der Waals surface area contributed by atoms with Crippen molar-refractivity contribution in [2.75, 3.05) is 32.6 Å². The molecule has 0 unspecified atom stereocenters. The van der Waals surface area contributed by atoms with Crippen LogP contribution in [-0.2, 0) is 11.2 Å². The van der Waals surface area contributed by atoms with Crippen molar-refractivity contribution in [2.45, 2.75) is 12.5 Å². The predicted molar refractivity (Wildman–Crippen MR) is 116 cm³/mol. The zero-order valence-corrected chi connectivity index (χ0v) is 17.7. The fourth-order valence-corrected chi connectivity index (χ4v) is 4.78. The summed E-state index contributed by atoms with van der Waals surface area (Å²) in [7, 11) is 3.25. The van der Waals surface area contributed by atoms with E-state index in [9.17, 15) is 9.18 Å². The van der Waals surface area contributed by atoms with Crippen LogP contribution in [0, 0.1) is 5.82 Å². The second-order valence-electron chi connectivity index (χ2n) is 7.10. The Bertz CT molecular complexity index is 1040. The van der Waals surface area contributed by atoms with Crippen LogP contribution >= 0.6 is 11.3 Å². The molecule has 0 spiro atoms. The normalized spacial score (nSPS) is 16.0. The molecule has 0 bridgehead atoms. The number of carbonyl (C=O) groups is 1. The molecule has 1 N–H and O–H groups in total. The SMILES string of the molecule is COc1cc2c(cc1OC)[C@@H](c1cccs1)N(CC(=O)Nc1cccc(F)c1)CC2. The molecule has 1 aliphatic rings. The van der Waals surface area contributed by atoms with E-state index in [-0.39, 0.29) is 24.3 Å². The first kappa shape index (κ1) is 20.4. The molecular weight excluding hydrogens is 403 g/mol. The van der Waals surface area contributed by atoms with Gasteiger partial charge in [0.15, 0.2) is 11.5 Å². The van der Waals surface area contributed by atoms with Gasteiger partial charge in [-0.3, -0.25) is 9.69 Å². The van der Waals surface area contributed by atoms with Crippen LogP contribution in [0.4, 0.5) is 10.1 Å². The highest BCUT2D eigenvalue weighted by atomic mass is 32.1. The van der Waals surface area contributed by atoms with Gasteiger partial charge < -0.3 is 14.8 Å². The number of amides is 1. The molecule has 1 aliphatic heterocycles. The van der Waals surface area contributed by atoms with Gasteiger partial charge in [0.25, 0.3) is 0 Å². The molecule has 0 saturated carbocycles. The summed E-state index contributed by atoms with van der Waals surface area (Å²) < 4.78 is 24.4. The van der Waals surface area contributed by atoms with Gasteiger partial charge in [-0.15, -0.1) is 11.3 Å². The summed E-state index contributed by atoms with van der Waals surface area (Å²) >= 11 is 1.66. The lowest BCUT2D eigenvalue weighted by Crippen LogP contribution is -2.40. The number of halogens is 1. The monoisotopic (exact) mass is 426 g/mol. The largest absolute Gasteiger partial charge is 0.493 e. The number of nitrogens with zero attached hydrogens (tertiary/aromatic N) is 1. The van der Waals surface area contributed by atoms with Crippen LogP contribution in [0.3, 0.4) is 0 Å². The molecule has 30 heavy (non-hydrogen) atoms. The molecule has 0 aliphatic carbocycles. The van der Waals surface area contributed by atoms with E-state index in [2.05, 4.69) is 16.3 Å². The average molecular weight is 427 g/mol. The minimum absolute atomic E-state index is 0.0631. The van der Waals surface area contributed by atoms with Gasteiger partial charge in [0.1, 0.15) is 5.82 Å². The first-order chi connectivity index (χ1) is 14.6. The maximum absolute atomic E-state index is 13.4. The third-order valence-electron chi connectivity index (χ3n) is 5.24. The Morgan fingerprint density at radius 1 is 1.17 bits per heavy atom. The van der Waals surface area contributed by atoms with Crippen molar-refractivity contribution in [3.8, 4) is 11.5 Å². The summed E-state index contributed by atoms with van der Waals surface area (Å²) in [5, 5.41) is 4.84. The highest BCUT2D eigenvalue weighted by molar-refractivity contribution is 7.10. The Kier molecular flexibility index (Phi) is 6.01. The number of hydrogen-bond donors (Lipinski definition) is 1. The van der Waals surface area contributed by atoms with E-state index in [0.717, 1.165) is 23.4 Å². The number of benzene rings is 2. The summed E-state index contributed by atoms with van der Waals surface area (Å²) in [5.74, 6) is 0.825. The van der Waals surface area contributed by atoms with Gasteiger partial charge in [-0.1, -0.05) is 12.1 Å². The Morgan fingerprint density at radius 2 is 1.97 bits per heavy atom. The third-order valence-corrected chi connectivity index (χ3v) is 6.17. The number of carbonyl (C=O) groups excluding carboxylic acids is 1. The fraction of sp³-hybridized carbons (Fsp3) is 0.261. The van der Waals surface area contributed by atoms with Crippen LogP contribution < -0.4 is 14.8 Å². The van der Waals surface area contributed by atoms with Crippen molar-refractivity contribution in [3.63, 3.8) is 0 Å². The Labute approximate surface area is 179 Å². The van der Waals surface area contributed by atoms with Crippen LogP contribution in [0.1, 0.15) is 22.0 Å². The first-order valence-corrected chi connectivity index (χ1v) is 10.5. The number of nitrogens with one attached hydrogen (secondary N) is 1. The van der Waals surface area contributed by atoms with Gasteiger partial charge in [-0.2, -0.15) is 0 Å². The van der Waals surface area contributed by atoms with Crippen molar-refractivity contribution in [1.29, 1.82) is 0 Å². The second kappa shape index (κ2) is 8.85. The average Bonchev–Trinajstić information content (AvgIpc) is 3.26. The lowest BCUT2D eigenvalue weighted by molar-refractivity contribution is -0.117. The van der Waals surface area contributed by atoms with Crippen LogP contribution in [0.5, 0.6) is 11.5 Å². The highest BCUT2D eigenvalue weighted by Crippen LogP contribution is 2.42. The second-order valence-corrected chi connectivity index (χ2v) is 8.08. The molecule has 1 atom stereocenters. The number of fused-ring (bicyclic) bond motifs is 1. The molecule has 0 radical (unpaired) electrons. The zero-order valence-electron chi connectivity index (χ0n) is 16.9. The van der Waals surface area contributed by atoms with E-state index in [0.29, 0.717) is 17.2 Å². The smallest absolute Gasteiger partial charge is 0.238 e. The molecule has 7 heteroatoms. The highest BCUT2D eigenvalue weighted by Gasteiger charge is 2.32. The number of ether oxygens (including phenoxy) is 2. The Morgan fingerprint density at radius 3 is 2.67 bits per heavy atom. The maximum Gasteiger partial charge on any atom is 0.238 e. The minimum Gasteiger partial charge on any atom is -0.493 e. The van der Waals surface area contributed by atoms with Crippen molar-refractivity contribution in [3.05, 3.63) is 75.7 Å². The summed E-state index contributed by atoms with van der Waals surface area (Å²) in [4.78, 5) is 16.0. The predicted octanol–water partition coefficient (Wildman–Crippen LogP) is 4.49. The molecule has 1 aromatic heterocycles. The lowest BCUT2D eigenvalue weighted by Gasteiger charge is -2.37. The van der Waals surface area contributed by atoms with Gasteiger partial charge >= 0.3 is 0 Å². The van der Waals surface area contributed by atoms with Gasteiger partial charge in [0.2, 0.25) is 5.91 Å². The van der Waals surface area contributed by atoms with E-state index in [1.165, 1.54) is 17.7 Å². The number of methoxy groups -OCH3 is 2. The number of rotatable bonds is 6. The summed E-state index contributed by atoms with van der Waals surface area (Å²) in [6, 6.07) is 14.0. The van der Waals surface area contributed by atoms with E-state index in [1.807, 2.05) is 23.6 Å². The zero-order chi connectivity index (χ0) is 21.1. The summed E-state index contributed by atoms with van der Waals surface area (Å²) in [6.45, 7) is 0.925. The first-order valence-electron chi connectivity index (χ1n) is 9.66. The quantitative estimate of drug-likeness (QED) is 0.631. The molecule has 2 aromatic carbocycles. The van der Waals surface area contributed by atoms with Gasteiger partial charge in [-0.25, -0.2) is 4.39 Å². The van der Waals surface area contributed by atoms with Gasteiger partial charge in [-0.05, 0) is 59.3 Å². The molecule has 2 heterocycles. The third kappa shape index (κ3) is 4.17. The van der Waals surface area contributed by atoms with Crippen molar-refractivity contribution in [2.24, 2.45) is 0 Å². The number of thiophene rings is 1. The molecule has 3 aromatic rings. The minimum atomic E-state index is -0.378. The van der Waals surface area contributed by atoms with Crippen LogP contribution in [0.2, 0.25) is 0 Å². The molecule has 0 fully saturated rings. The van der Waals surface area contributed by atoms with Gasteiger partial charge in [0.05, 0.1) is 26.8 Å². The van der Waals surface area contributed by atoms with E-state index >= 15 is 0 Å². The maximum atomic E-state index is 13.4. The van der Waals surface area contributed by atoms with Crippen LogP contribution in [0.15, 0.2) is 53.9 Å². The topological polar surface area (TPSA) is 50.8 Å². The Hall–Kier alpha value is -2.90. The number of hydrogen-bond acceptors (Lipinski definition) is 5. The van der Waals surface area contributed by atoms with E-state index < -0.39 is 0 Å². The molecule has 0 saturated heterocycles. The van der Waals surface area contributed by atoms with Crippen LogP contribution in [0.25, 0.3) is 0 Å². The molecule has 5 nitrogen and oxygen atoms in total. The molecular formula is C23H23FN2O3S. The van der Waals surface area contributed by atoms with Crippen molar-refractivity contribution < 1.29 is 18.7 Å². The molecule has 1 amide bonds. The summed E-state index contributed by atoms with van der Waals surface area (Å²) in [6.07, 6.45) is 0.796. The fourth-order valence-electron chi connectivity index (χ4n) is 3.90. The molecule has 156 valence electrons. The van der Waals surface area contributed by atoms with Crippen molar-refractivity contribution in [1.82, 2.24) is 4.90 Å². The number of anilines is 1.